The van der Waals surface area contributed by atoms with Crippen LogP contribution >= 0.6 is 0 Å². The number of carbonyl (C=O) groups excluding carboxylic acids is 1. The van der Waals surface area contributed by atoms with Crippen molar-refractivity contribution in [2.75, 3.05) is 0 Å². The number of ketones is 1. The van der Waals surface area contributed by atoms with Crippen LogP contribution < -0.4 is 0 Å². The van der Waals surface area contributed by atoms with E-state index >= 15 is 0 Å². The Bertz CT molecular complexity index is 610. The fourth-order valence-corrected chi connectivity index (χ4v) is 1.79. The van der Waals surface area contributed by atoms with Crippen molar-refractivity contribution in [2.24, 2.45) is 5.16 Å². The predicted octanol–water partition coefficient (Wildman–Crippen LogP) is 3.36. The van der Waals surface area contributed by atoms with Crippen molar-refractivity contribution in [3.05, 3.63) is 70.8 Å². The van der Waals surface area contributed by atoms with Crippen LogP contribution in [0.15, 0.2) is 53.7 Å². The number of benzene rings is 2. The van der Waals surface area contributed by atoms with Crippen LogP contribution in [-0.2, 0) is 0 Å². The third kappa shape index (κ3) is 2.88. The van der Waals surface area contributed by atoms with Gasteiger partial charge in [0.1, 0.15) is 0 Å². The summed E-state index contributed by atoms with van der Waals surface area (Å²) in [4.78, 5) is 12.3. The second-order valence-corrected chi connectivity index (χ2v) is 4.51. The summed E-state index contributed by atoms with van der Waals surface area (Å²) in [5.41, 5.74) is 3.35. The Morgan fingerprint density at radius 1 is 0.842 bits per heavy atom. The zero-order valence-electron chi connectivity index (χ0n) is 10.9. The highest BCUT2D eigenvalue weighted by Gasteiger charge is 2.16. The van der Waals surface area contributed by atoms with Crippen molar-refractivity contribution >= 4 is 11.5 Å². The van der Waals surface area contributed by atoms with Gasteiger partial charge in [-0.3, -0.25) is 4.79 Å². The molecule has 19 heavy (non-hydrogen) atoms. The SMILES string of the molecule is Cc1ccc(C(=O)C(=NO)c2ccc(C)cc2)cc1. The van der Waals surface area contributed by atoms with Crippen LogP contribution in [0.4, 0.5) is 0 Å². The van der Waals surface area contributed by atoms with Gasteiger partial charge in [-0.1, -0.05) is 64.8 Å². The fraction of sp³-hybridized carbons (Fsp3) is 0.125. The number of Topliss-reactive ketones (excluding diaryl/α,β-unsaturated/α-hetero) is 1. The summed E-state index contributed by atoms with van der Waals surface area (Å²) in [6.07, 6.45) is 0. The third-order valence-corrected chi connectivity index (χ3v) is 2.95. The highest BCUT2D eigenvalue weighted by atomic mass is 16.4. The van der Waals surface area contributed by atoms with E-state index in [0.717, 1.165) is 11.1 Å². The van der Waals surface area contributed by atoms with Crippen LogP contribution in [-0.4, -0.2) is 16.7 Å². The summed E-state index contributed by atoms with van der Waals surface area (Å²) in [5, 5.41) is 12.3. The highest BCUT2D eigenvalue weighted by molar-refractivity contribution is 6.51. The van der Waals surface area contributed by atoms with Crippen molar-refractivity contribution in [2.45, 2.75) is 13.8 Å². The second kappa shape index (κ2) is 5.48. The Balaban J connectivity index is 2.35. The maximum absolute atomic E-state index is 12.3. The Labute approximate surface area is 112 Å². The Morgan fingerprint density at radius 3 is 1.68 bits per heavy atom. The molecule has 3 nitrogen and oxygen atoms in total. The van der Waals surface area contributed by atoms with Gasteiger partial charge in [-0.2, -0.15) is 0 Å². The molecule has 0 bridgehead atoms. The lowest BCUT2D eigenvalue weighted by Crippen LogP contribution is -2.16. The van der Waals surface area contributed by atoms with Crippen LogP contribution in [0.2, 0.25) is 0 Å². The van der Waals surface area contributed by atoms with E-state index in [-0.39, 0.29) is 11.5 Å². The second-order valence-electron chi connectivity index (χ2n) is 4.51. The Hall–Kier alpha value is -2.42. The van der Waals surface area contributed by atoms with Gasteiger partial charge in [-0.05, 0) is 13.8 Å². The van der Waals surface area contributed by atoms with Crippen molar-refractivity contribution in [3.63, 3.8) is 0 Å². The highest BCUT2D eigenvalue weighted by Crippen LogP contribution is 2.11. The average Bonchev–Trinajstić information content (AvgIpc) is 2.42. The molecule has 2 aromatic carbocycles. The minimum absolute atomic E-state index is 0.0591. The monoisotopic (exact) mass is 253 g/mol. The molecule has 0 spiro atoms. The van der Waals surface area contributed by atoms with Gasteiger partial charge >= 0.3 is 0 Å². The van der Waals surface area contributed by atoms with Crippen LogP contribution in [0, 0.1) is 13.8 Å². The zero-order chi connectivity index (χ0) is 13.8. The van der Waals surface area contributed by atoms with Gasteiger partial charge in [0.15, 0.2) is 5.71 Å². The summed E-state index contributed by atoms with van der Waals surface area (Å²) >= 11 is 0. The lowest BCUT2D eigenvalue weighted by Gasteiger charge is -2.05. The third-order valence-electron chi connectivity index (χ3n) is 2.95. The van der Waals surface area contributed by atoms with Gasteiger partial charge in [0.05, 0.1) is 0 Å². The first-order valence-corrected chi connectivity index (χ1v) is 6.02. The molecule has 0 aliphatic heterocycles. The number of rotatable bonds is 3. The molecule has 96 valence electrons. The molecule has 0 aromatic heterocycles. The maximum atomic E-state index is 12.3. The zero-order valence-corrected chi connectivity index (χ0v) is 10.9. The number of hydrogen-bond donors (Lipinski definition) is 1. The lowest BCUT2D eigenvalue weighted by atomic mass is 9.99. The van der Waals surface area contributed by atoms with Gasteiger partial charge in [0.2, 0.25) is 5.78 Å². The van der Waals surface area contributed by atoms with Gasteiger partial charge in [-0.15, -0.1) is 0 Å². The predicted molar refractivity (Wildman–Crippen MR) is 75.0 cm³/mol. The normalized spacial score (nSPS) is 11.4. The molecule has 0 heterocycles. The van der Waals surface area contributed by atoms with Crippen LogP contribution in [0.5, 0.6) is 0 Å². The smallest absolute Gasteiger partial charge is 0.215 e. The van der Waals surface area contributed by atoms with Gasteiger partial charge < -0.3 is 5.21 Å². The van der Waals surface area contributed by atoms with Gasteiger partial charge in [0, 0.05) is 11.1 Å². The molecule has 0 unspecified atom stereocenters. The number of hydrogen-bond acceptors (Lipinski definition) is 3. The van der Waals surface area contributed by atoms with Crippen molar-refractivity contribution in [1.82, 2.24) is 0 Å². The summed E-state index contributed by atoms with van der Waals surface area (Å²) in [6.45, 7) is 3.91. The summed E-state index contributed by atoms with van der Waals surface area (Å²) in [6, 6.07) is 14.5. The molecule has 0 aliphatic rings. The van der Waals surface area contributed by atoms with E-state index in [0.29, 0.717) is 11.1 Å². The molecule has 0 saturated heterocycles. The van der Waals surface area contributed by atoms with E-state index in [2.05, 4.69) is 5.16 Å². The van der Waals surface area contributed by atoms with Crippen LogP contribution in [0.3, 0.4) is 0 Å². The van der Waals surface area contributed by atoms with Crippen LogP contribution in [0.25, 0.3) is 0 Å². The molecule has 0 amide bonds. The molecule has 0 fully saturated rings. The standard InChI is InChI=1S/C16H15NO2/c1-11-3-7-13(8-4-11)15(17-19)16(18)14-9-5-12(2)6-10-14/h3-10,19H,1-2H3. The van der Waals surface area contributed by atoms with Crippen molar-refractivity contribution < 1.29 is 10.0 Å². The van der Waals surface area contributed by atoms with E-state index < -0.39 is 0 Å². The summed E-state index contributed by atoms with van der Waals surface area (Å²) in [5.74, 6) is -0.286. The molecular formula is C16H15NO2. The first-order chi connectivity index (χ1) is 9.11. The molecule has 2 rings (SSSR count). The maximum Gasteiger partial charge on any atom is 0.215 e. The van der Waals surface area contributed by atoms with Gasteiger partial charge in [0.25, 0.3) is 0 Å². The fourth-order valence-electron chi connectivity index (χ4n) is 1.79. The quantitative estimate of drug-likeness (QED) is 0.394. The number of nitrogens with zero attached hydrogens (tertiary/aromatic N) is 1. The van der Waals surface area contributed by atoms with E-state index in [9.17, 15) is 4.79 Å². The Morgan fingerprint density at radius 2 is 1.26 bits per heavy atom. The first-order valence-electron chi connectivity index (χ1n) is 6.02. The van der Waals surface area contributed by atoms with Crippen molar-refractivity contribution in [1.29, 1.82) is 0 Å². The molecule has 1 N–H and O–H groups in total. The number of oxime groups is 1. The number of aryl methyl sites for hydroxylation is 2. The van der Waals surface area contributed by atoms with E-state index in [1.165, 1.54) is 0 Å². The van der Waals surface area contributed by atoms with E-state index in [1.807, 2.05) is 38.1 Å². The molecule has 0 aliphatic carbocycles. The molecule has 0 atom stereocenters. The molecule has 0 saturated carbocycles. The average molecular weight is 253 g/mol. The minimum atomic E-state index is -0.286. The topological polar surface area (TPSA) is 49.7 Å². The molecular weight excluding hydrogens is 238 g/mol. The number of carbonyl (C=O) groups is 1. The molecule has 0 radical (unpaired) electrons. The van der Waals surface area contributed by atoms with Crippen molar-refractivity contribution in [3.8, 4) is 0 Å². The largest absolute Gasteiger partial charge is 0.410 e. The Kier molecular flexibility index (Phi) is 3.76. The minimum Gasteiger partial charge on any atom is -0.410 e. The van der Waals surface area contributed by atoms with Gasteiger partial charge in [-0.25, -0.2) is 0 Å². The van der Waals surface area contributed by atoms with E-state index in [1.54, 1.807) is 24.3 Å². The first kappa shape index (κ1) is 13.0. The van der Waals surface area contributed by atoms with E-state index in [4.69, 9.17) is 5.21 Å². The van der Waals surface area contributed by atoms with Crippen LogP contribution in [0.1, 0.15) is 27.0 Å². The molecule has 2 aromatic rings. The lowest BCUT2D eigenvalue weighted by molar-refractivity contribution is 0.106. The summed E-state index contributed by atoms with van der Waals surface area (Å²) < 4.78 is 0. The molecule has 3 heteroatoms. The summed E-state index contributed by atoms with van der Waals surface area (Å²) in [7, 11) is 0.